The average molecular weight is 288 g/mol. The van der Waals surface area contributed by atoms with Gasteiger partial charge in [0.15, 0.2) is 0 Å². The molecule has 1 aromatic rings. The molecule has 3 nitrogen and oxygen atoms in total. The first-order valence-corrected chi connectivity index (χ1v) is 8.24. The topological polar surface area (TPSA) is 55.1 Å². The van der Waals surface area contributed by atoms with Crippen LogP contribution in [0, 0.1) is 5.92 Å². The summed E-state index contributed by atoms with van der Waals surface area (Å²) >= 11 is 0. The number of amides is 1. The standard InChI is InChI=1S/C18H28N2O/c1-3-13(2)17(14-9-5-4-6-10-14)18(21)20-16-12-8-7-11-15(16)19/h4-6,9-10,13,15-17H,3,7-8,11-12,19H2,1-2H3,(H,20,21)/t13?,15-,16-,17?/m1/s1. The Labute approximate surface area is 128 Å². The van der Waals surface area contributed by atoms with Crippen molar-refractivity contribution in [1.82, 2.24) is 5.32 Å². The minimum atomic E-state index is -0.0784. The molecule has 0 saturated heterocycles. The summed E-state index contributed by atoms with van der Waals surface area (Å²) < 4.78 is 0. The highest BCUT2D eigenvalue weighted by Gasteiger charge is 2.30. The van der Waals surface area contributed by atoms with Crippen LogP contribution in [0.2, 0.25) is 0 Å². The minimum Gasteiger partial charge on any atom is -0.351 e. The van der Waals surface area contributed by atoms with E-state index in [0.717, 1.165) is 31.2 Å². The maximum atomic E-state index is 12.8. The summed E-state index contributed by atoms with van der Waals surface area (Å²) in [4.78, 5) is 12.8. The smallest absolute Gasteiger partial charge is 0.228 e. The first-order chi connectivity index (χ1) is 10.1. The van der Waals surface area contributed by atoms with Crippen LogP contribution >= 0.6 is 0 Å². The van der Waals surface area contributed by atoms with Crippen molar-refractivity contribution in [1.29, 1.82) is 0 Å². The number of rotatable bonds is 5. The molecule has 3 heteroatoms. The maximum Gasteiger partial charge on any atom is 0.228 e. The number of hydrogen-bond acceptors (Lipinski definition) is 2. The molecular weight excluding hydrogens is 260 g/mol. The highest BCUT2D eigenvalue weighted by Crippen LogP contribution is 2.28. The van der Waals surface area contributed by atoms with Crippen molar-refractivity contribution < 1.29 is 4.79 Å². The van der Waals surface area contributed by atoms with Crippen molar-refractivity contribution >= 4 is 5.91 Å². The van der Waals surface area contributed by atoms with Gasteiger partial charge in [-0.2, -0.15) is 0 Å². The van der Waals surface area contributed by atoms with Crippen molar-refractivity contribution in [2.24, 2.45) is 11.7 Å². The second-order valence-electron chi connectivity index (χ2n) is 6.34. The molecule has 0 aromatic heterocycles. The molecule has 2 unspecified atom stereocenters. The van der Waals surface area contributed by atoms with Crippen molar-refractivity contribution in [2.75, 3.05) is 0 Å². The van der Waals surface area contributed by atoms with Gasteiger partial charge in [0, 0.05) is 12.1 Å². The SMILES string of the molecule is CCC(C)C(C(=O)N[C@@H]1CCCC[C@H]1N)c1ccccc1. The first kappa shape index (κ1) is 16.0. The lowest BCUT2D eigenvalue weighted by atomic mass is 9.83. The Morgan fingerprint density at radius 2 is 1.95 bits per heavy atom. The Balaban J connectivity index is 2.11. The van der Waals surface area contributed by atoms with Gasteiger partial charge in [0.2, 0.25) is 5.91 Å². The van der Waals surface area contributed by atoms with Gasteiger partial charge in [-0.3, -0.25) is 4.79 Å². The normalized spacial score (nSPS) is 25.1. The van der Waals surface area contributed by atoms with Crippen LogP contribution in [-0.4, -0.2) is 18.0 Å². The van der Waals surface area contributed by atoms with Gasteiger partial charge in [-0.05, 0) is 24.3 Å². The number of hydrogen-bond donors (Lipinski definition) is 2. The van der Waals surface area contributed by atoms with Crippen LogP contribution in [0.3, 0.4) is 0 Å². The van der Waals surface area contributed by atoms with Crippen LogP contribution in [0.5, 0.6) is 0 Å². The van der Waals surface area contributed by atoms with E-state index in [0.29, 0.717) is 5.92 Å². The molecule has 1 aromatic carbocycles. The van der Waals surface area contributed by atoms with Crippen LogP contribution in [0.1, 0.15) is 57.4 Å². The molecule has 2 rings (SSSR count). The third-order valence-electron chi connectivity index (χ3n) is 4.80. The van der Waals surface area contributed by atoms with Crippen LogP contribution < -0.4 is 11.1 Å². The molecular formula is C18H28N2O. The third-order valence-corrected chi connectivity index (χ3v) is 4.80. The first-order valence-electron chi connectivity index (χ1n) is 8.24. The highest BCUT2D eigenvalue weighted by molar-refractivity contribution is 5.84. The summed E-state index contributed by atoms with van der Waals surface area (Å²) in [6.07, 6.45) is 5.36. The number of carbonyl (C=O) groups is 1. The van der Waals surface area contributed by atoms with Crippen LogP contribution in [0.15, 0.2) is 30.3 Å². The van der Waals surface area contributed by atoms with Crippen LogP contribution in [0.4, 0.5) is 0 Å². The van der Waals surface area contributed by atoms with E-state index in [1.807, 2.05) is 18.2 Å². The van der Waals surface area contributed by atoms with Gasteiger partial charge in [0.05, 0.1) is 5.92 Å². The van der Waals surface area contributed by atoms with E-state index in [-0.39, 0.29) is 23.9 Å². The van der Waals surface area contributed by atoms with Crippen molar-refractivity contribution in [3.8, 4) is 0 Å². The van der Waals surface area contributed by atoms with Gasteiger partial charge in [-0.15, -0.1) is 0 Å². The Kier molecular flexibility index (Phi) is 5.80. The van der Waals surface area contributed by atoms with Crippen LogP contribution in [-0.2, 0) is 4.79 Å². The molecule has 116 valence electrons. The second kappa shape index (κ2) is 7.60. The Morgan fingerprint density at radius 3 is 2.57 bits per heavy atom. The monoisotopic (exact) mass is 288 g/mol. The summed E-state index contributed by atoms with van der Waals surface area (Å²) in [5.41, 5.74) is 7.27. The van der Waals surface area contributed by atoms with E-state index in [9.17, 15) is 4.79 Å². The minimum absolute atomic E-state index is 0.0784. The summed E-state index contributed by atoms with van der Waals surface area (Å²) in [6, 6.07) is 10.4. The third kappa shape index (κ3) is 4.07. The Bertz CT molecular complexity index is 446. The lowest BCUT2D eigenvalue weighted by Crippen LogP contribution is -2.51. The van der Waals surface area contributed by atoms with Gasteiger partial charge in [0.1, 0.15) is 0 Å². The number of benzene rings is 1. The van der Waals surface area contributed by atoms with Crippen molar-refractivity contribution in [3.63, 3.8) is 0 Å². The Morgan fingerprint density at radius 1 is 1.29 bits per heavy atom. The van der Waals surface area contributed by atoms with Crippen molar-refractivity contribution in [2.45, 2.75) is 64.0 Å². The molecule has 0 aliphatic heterocycles. The molecule has 0 heterocycles. The zero-order chi connectivity index (χ0) is 15.2. The van der Waals surface area contributed by atoms with Gasteiger partial charge in [0.25, 0.3) is 0 Å². The highest BCUT2D eigenvalue weighted by atomic mass is 16.2. The van der Waals surface area contributed by atoms with Gasteiger partial charge < -0.3 is 11.1 Å². The predicted molar refractivity (Wildman–Crippen MR) is 87.0 cm³/mol. The summed E-state index contributed by atoms with van der Waals surface area (Å²) in [7, 11) is 0. The second-order valence-corrected chi connectivity index (χ2v) is 6.34. The van der Waals surface area contributed by atoms with E-state index in [1.165, 1.54) is 6.42 Å². The van der Waals surface area contributed by atoms with E-state index in [4.69, 9.17) is 5.73 Å². The molecule has 0 bridgehead atoms. The summed E-state index contributed by atoms with van der Waals surface area (Å²) in [6.45, 7) is 4.29. The molecule has 4 atom stereocenters. The lowest BCUT2D eigenvalue weighted by Gasteiger charge is -2.32. The molecule has 3 N–H and O–H groups in total. The fraction of sp³-hybridized carbons (Fsp3) is 0.611. The molecule has 1 aliphatic carbocycles. The van der Waals surface area contributed by atoms with E-state index in [2.05, 4.69) is 31.3 Å². The fourth-order valence-electron chi connectivity index (χ4n) is 3.25. The molecule has 0 radical (unpaired) electrons. The molecule has 1 amide bonds. The summed E-state index contributed by atoms with van der Waals surface area (Å²) in [5.74, 6) is 0.385. The number of nitrogens with two attached hydrogens (primary N) is 1. The zero-order valence-corrected chi connectivity index (χ0v) is 13.2. The van der Waals surface area contributed by atoms with Gasteiger partial charge in [-0.1, -0.05) is 63.4 Å². The van der Waals surface area contributed by atoms with Gasteiger partial charge in [-0.25, -0.2) is 0 Å². The molecule has 21 heavy (non-hydrogen) atoms. The summed E-state index contributed by atoms with van der Waals surface area (Å²) in [5, 5.41) is 3.22. The zero-order valence-electron chi connectivity index (χ0n) is 13.2. The molecule has 1 aliphatic rings. The fourth-order valence-corrected chi connectivity index (χ4v) is 3.25. The molecule has 1 fully saturated rings. The largest absolute Gasteiger partial charge is 0.351 e. The quantitative estimate of drug-likeness (QED) is 0.874. The average Bonchev–Trinajstić information content (AvgIpc) is 2.50. The molecule has 1 saturated carbocycles. The van der Waals surface area contributed by atoms with E-state index >= 15 is 0 Å². The predicted octanol–water partition coefficient (Wildman–Crippen LogP) is 3.20. The van der Waals surface area contributed by atoms with E-state index < -0.39 is 0 Å². The van der Waals surface area contributed by atoms with E-state index in [1.54, 1.807) is 0 Å². The number of carbonyl (C=O) groups excluding carboxylic acids is 1. The lowest BCUT2D eigenvalue weighted by molar-refractivity contribution is -0.124. The maximum absolute atomic E-state index is 12.8. The van der Waals surface area contributed by atoms with Gasteiger partial charge >= 0.3 is 0 Å². The Hall–Kier alpha value is -1.35. The molecule has 0 spiro atoms. The van der Waals surface area contributed by atoms with Crippen molar-refractivity contribution in [3.05, 3.63) is 35.9 Å². The van der Waals surface area contributed by atoms with Crippen LogP contribution in [0.25, 0.3) is 0 Å². The number of nitrogens with one attached hydrogen (secondary N) is 1.